The van der Waals surface area contributed by atoms with Gasteiger partial charge in [0.25, 0.3) is 0 Å². The number of nitrogen functional groups attached to an aromatic ring is 1. The molecule has 0 bridgehead atoms. The van der Waals surface area contributed by atoms with Crippen LogP contribution < -0.4 is 21.1 Å². The SMILES string of the molecule is COc1ccc(C(F)(F)F)cc1NC(=O)Nc1ccc(-c2cncc3[nH]nc(N)c23)cc1. The summed E-state index contributed by atoms with van der Waals surface area (Å²) in [6.07, 6.45) is -1.28. The Morgan fingerprint density at radius 2 is 1.84 bits per heavy atom. The largest absolute Gasteiger partial charge is 0.495 e. The number of pyridine rings is 1. The molecule has 2 heterocycles. The van der Waals surface area contributed by atoms with E-state index in [1.54, 1.807) is 36.7 Å². The second kappa shape index (κ2) is 8.10. The normalized spacial score (nSPS) is 11.4. The van der Waals surface area contributed by atoms with Gasteiger partial charge in [-0.05, 0) is 35.9 Å². The van der Waals surface area contributed by atoms with Gasteiger partial charge in [0, 0.05) is 17.4 Å². The number of nitrogens with one attached hydrogen (secondary N) is 3. The first-order valence-electron chi connectivity index (χ1n) is 9.27. The van der Waals surface area contributed by atoms with Crippen molar-refractivity contribution in [3.8, 4) is 16.9 Å². The van der Waals surface area contributed by atoms with E-state index in [0.29, 0.717) is 17.0 Å². The maximum atomic E-state index is 13.0. The second-order valence-corrected chi connectivity index (χ2v) is 6.79. The van der Waals surface area contributed by atoms with Gasteiger partial charge < -0.3 is 21.1 Å². The Hall–Kier alpha value is -4.28. The Morgan fingerprint density at radius 3 is 2.53 bits per heavy atom. The molecule has 32 heavy (non-hydrogen) atoms. The second-order valence-electron chi connectivity index (χ2n) is 6.79. The van der Waals surface area contributed by atoms with Crippen molar-refractivity contribution in [2.24, 2.45) is 0 Å². The lowest BCUT2D eigenvalue weighted by atomic mass is 10.0. The van der Waals surface area contributed by atoms with Gasteiger partial charge in [-0.1, -0.05) is 12.1 Å². The average Bonchev–Trinajstić information content (AvgIpc) is 3.15. The summed E-state index contributed by atoms with van der Waals surface area (Å²) in [6.45, 7) is 0. The zero-order chi connectivity index (χ0) is 22.9. The van der Waals surface area contributed by atoms with E-state index >= 15 is 0 Å². The zero-order valence-electron chi connectivity index (χ0n) is 16.6. The van der Waals surface area contributed by atoms with Crippen LogP contribution in [0.4, 0.5) is 35.2 Å². The van der Waals surface area contributed by atoms with Gasteiger partial charge >= 0.3 is 12.2 Å². The number of hydrogen-bond donors (Lipinski definition) is 4. The number of fused-ring (bicyclic) bond motifs is 1. The molecule has 0 aliphatic carbocycles. The van der Waals surface area contributed by atoms with Gasteiger partial charge in [0.15, 0.2) is 5.82 Å². The first-order chi connectivity index (χ1) is 15.3. The number of anilines is 3. The topological polar surface area (TPSA) is 118 Å². The van der Waals surface area contributed by atoms with Gasteiger partial charge in [-0.2, -0.15) is 18.3 Å². The highest BCUT2D eigenvalue weighted by atomic mass is 19.4. The van der Waals surface area contributed by atoms with E-state index in [-0.39, 0.29) is 11.4 Å². The molecule has 4 aromatic rings. The van der Waals surface area contributed by atoms with Gasteiger partial charge in [-0.15, -0.1) is 0 Å². The Kier molecular flexibility index (Phi) is 5.31. The van der Waals surface area contributed by atoms with E-state index < -0.39 is 17.8 Å². The molecular formula is C21H17F3N6O2. The van der Waals surface area contributed by atoms with Crippen LogP contribution in [0.1, 0.15) is 5.56 Å². The fraction of sp³-hybridized carbons (Fsp3) is 0.0952. The fourth-order valence-electron chi connectivity index (χ4n) is 3.22. The van der Waals surface area contributed by atoms with Crippen LogP contribution in [0, 0.1) is 0 Å². The third-order valence-corrected chi connectivity index (χ3v) is 4.73. The van der Waals surface area contributed by atoms with E-state index in [9.17, 15) is 18.0 Å². The molecule has 164 valence electrons. The van der Waals surface area contributed by atoms with Crippen LogP contribution in [0.5, 0.6) is 5.75 Å². The Balaban J connectivity index is 1.52. The van der Waals surface area contributed by atoms with Crippen molar-refractivity contribution in [3.63, 3.8) is 0 Å². The summed E-state index contributed by atoms with van der Waals surface area (Å²) in [6, 6.07) is 8.91. The highest BCUT2D eigenvalue weighted by Gasteiger charge is 2.31. The number of nitrogens with zero attached hydrogens (tertiary/aromatic N) is 2. The molecule has 2 amide bonds. The van der Waals surface area contributed by atoms with E-state index in [1.165, 1.54) is 7.11 Å². The lowest BCUT2D eigenvalue weighted by molar-refractivity contribution is -0.137. The van der Waals surface area contributed by atoms with Crippen molar-refractivity contribution in [2.75, 3.05) is 23.5 Å². The molecule has 0 saturated carbocycles. The number of aromatic nitrogens is 3. The molecule has 11 heteroatoms. The van der Waals surface area contributed by atoms with Crippen LogP contribution in [0.15, 0.2) is 54.9 Å². The van der Waals surface area contributed by atoms with E-state index in [4.69, 9.17) is 10.5 Å². The molecule has 0 fully saturated rings. The van der Waals surface area contributed by atoms with Crippen LogP contribution in [0.2, 0.25) is 0 Å². The predicted octanol–water partition coefficient (Wildman–Crippen LogP) is 4.88. The number of rotatable bonds is 4. The van der Waals surface area contributed by atoms with Gasteiger partial charge in [0.2, 0.25) is 0 Å². The summed E-state index contributed by atoms with van der Waals surface area (Å²) >= 11 is 0. The van der Waals surface area contributed by atoms with Gasteiger partial charge in [0.1, 0.15) is 5.75 Å². The van der Waals surface area contributed by atoms with Crippen LogP contribution >= 0.6 is 0 Å². The summed E-state index contributed by atoms with van der Waals surface area (Å²) in [5, 5.41) is 12.5. The number of hydrogen-bond acceptors (Lipinski definition) is 5. The molecular weight excluding hydrogens is 425 g/mol. The minimum Gasteiger partial charge on any atom is -0.495 e. The van der Waals surface area contributed by atoms with Crippen LogP contribution in [-0.4, -0.2) is 28.3 Å². The third kappa shape index (κ3) is 4.13. The molecule has 0 saturated heterocycles. The number of H-pyrrole nitrogens is 1. The summed E-state index contributed by atoms with van der Waals surface area (Å²) < 4.78 is 44.0. The highest BCUT2D eigenvalue weighted by Crippen LogP contribution is 2.35. The van der Waals surface area contributed by atoms with Crippen LogP contribution in [0.25, 0.3) is 22.0 Å². The highest BCUT2D eigenvalue weighted by molar-refractivity contribution is 6.02. The molecule has 0 radical (unpaired) electrons. The minimum absolute atomic E-state index is 0.0989. The van der Waals surface area contributed by atoms with Gasteiger partial charge in [0.05, 0.1) is 35.5 Å². The molecule has 5 N–H and O–H groups in total. The average molecular weight is 442 g/mol. The predicted molar refractivity (Wildman–Crippen MR) is 114 cm³/mol. The van der Waals surface area contributed by atoms with Crippen LogP contribution in [-0.2, 0) is 6.18 Å². The third-order valence-electron chi connectivity index (χ3n) is 4.73. The molecule has 2 aromatic heterocycles. The smallest absolute Gasteiger partial charge is 0.416 e. The fourth-order valence-corrected chi connectivity index (χ4v) is 3.22. The minimum atomic E-state index is -4.55. The number of nitrogens with two attached hydrogens (primary N) is 1. The maximum Gasteiger partial charge on any atom is 0.416 e. The van der Waals surface area contributed by atoms with Gasteiger partial charge in [-0.3, -0.25) is 10.1 Å². The summed E-state index contributed by atoms with van der Waals surface area (Å²) in [7, 11) is 1.30. The van der Waals surface area contributed by atoms with Crippen molar-refractivity contribution >= 4 is 34.1 Å². The number of carbonyl (C=O) groups excluding carboxylic acids is 1. The molecule has 0 unspecified atom stereocenters. The van der Waals surface area contributed by atoms with E-state index in [2.05, 4.69) is 25.8 Å². The monoisotopic (exact) mass is 442 g/mol. The van der Waals surface area contributed by atoms with Crippen molar-refractivity contribution in [2.45, 2.75) is 6.18 Å². The van der Waals surface area contributed by atoms with E-state index in [0.717, 1.165) is 34.7 Å². The molecule has 0 aliphatic heterocycles. The lowest BCUT2D eigenvalue weighted by Crippen LogP contribution is -2.20. The maximum absolute atomic E-state index is 13.0. The molecule has 0 spiro atoms. The number of ether oxygens (including phenoxy) is 1. The number of benzene rings is 2. The number of aromatic amines is 1. The molecule has 0 aliphatic rings. The van der Waals surface area contributed by atoms with Crippen molar-refractivity contribution < 1.29 is 22.7 Å². The van der Waals surface area contributed by atoms with E-state index in [1.807, 2.05) is 0 Å². The molecule has 8 nitrogen and oxygen atoms in total. The quantitative estimate of drug-likeness (QED) is 0.359. The number of methoxy groups -OCH3 is 1. The molecule has 0 atom stereocenters. The number of carbonyl (C=O) groups is 1. The Bertz CT molecular complexity index is 1290. The number of amides is 2. The number of halogens is 3. The van der Waals surface area contributed by atoms with Crippen molar-refractivity contribution in [1.82, 2.24) is 15.2 Å². The number of alkyl halides is 3. The standard InChI is InChI=1S/C21H17F3N6O2/c1-32-17-7-4-12(21(22,23)24)8-15(17)28-20(31)27-13-5-2-11(3-6-13)14-9-26-10-16-18(14)19(25)30-29-16/h2-10H,1H3,(H3,25,29,30)(H2,27,28,31). The van der Waals surface area contributed by atoms with Gasteiger partial charge in [-0.25, -0.2) is 4.79 Å². The zero-order valence-corrected chi connectivity index (χ0v) is 16.6. The first-order valence-corrected chi connectivity index (χ1v) is 9.27. The molecule has 4 rings (SSSR count). The Morgan fingerprint density at radius 1 is 1.09 bits per heavy atom. The first kappa shape index (κ1) is 21.0. The summed E-state index contributed by atoms with van der Waals surface area (Å²) in [5.41, 5.74) is 7.59. The summed E-state index contributed by atoms with van der Waals surface area (Å²) in [4.78, 5) is 16.5. The number of urea groups is 1. The van der Waals surface area contributed by atoms with Crippen LogP contribution in [0.3, 0.4) is 0 Å². The van der Waals surface area contributed by atoms with Crippen molar-refractivity contribution in [1.29, 1.82) is 0 Å². The Labute approximate surface area is 179 Å². The lowest BCUT2D eigenvalue weighted by Gasteiger charge is -2.14. The molecule has 2 aromatic carbocycles. The summed E-state index contributed by atoms with van der Waals surface area (Å²) in [5.74, 6) is 0.441. The van der Waals surface area contributed by atoms with Crippen molar-refractivity contribution in [3.05, 3.63) is 60.4 Å².